The Morgan fingerprint density at radius 3 is 2.59 bits per heavy atom. The number of hydrogen-bond donors (Lipinski definition) is 1. The summed E-state index contributed by atoms with van der Waals surface area (Å²) in [5.74, 6) is 0.714. The zero-order valence-electron chi connectivity index (χ0n) is 10.4. The molecule has 17 heavy (non-hydrogen) atoms. The van der Waals surface area contributed by atoms with Crippen LogP contribution in [0.25, 0.3) is 0 Å². The van der Waals surface area contributed by atoms with Gasteiger partial charge in [0.15, 0.2) is 0 Å². The first-order valence-electron chi connectivity index (χ1n) is 5.79. The summed E-state index contributed by atoms with van der Waals surface area (Å²) in [5, 5.41) is 2.81. The molecule has 0 aliphatic heterocycles. The molecule has 0 atom stereocenters. The van der Waals surface area contributed by atoms with E-state index in [9.17, 15) is 4.79 Å². The number of rotatable bonds is 6. The topological polar surface area (TPSA) is 38.3 Å². The predicted octanol–water partition coefficient (Wildman–Crippen LogP) is 2.78. The highest BCUT2D eigenvalue weighted by Crippen LogP contribution is 2.13. The third-order valence-corrected chi connectivity index (χ3v) is 2.12. The Bertz CT molecular complexity index is 368. The highest BCUT2D eigenvalue weighted by Gasteiger charge is 2.04. The Kier molecular flexibility index (Phi) is 5.27. The second-order valence-electron chi connectivity index (χ2n) is 4.02. The molecule has 0 aliphatic rings. The molecule has 0 aromatic heterocycles. The van der Waals surface area contributed by atoms with Gasteiger partial charge in [-0.1, -0.05) is 6.08 Å². The van der Waals surface area contributed by atoms with E-state index in [1.54, 1.807) is 18.2 Å². The van der Waals surface area contributed by atoms with Gasteiger partial charge in [0, 0.05) is 12.1 Å². The standard InChI is InChI=1S/C14H19NO2/c1-4-5-10-15-14(16)12-6-8-13(9-7-12)17-11(2)3/h4,6-9,11H,1,5,10H2,2-3H3,(H,15,16). The molecule has 1 aromatic carbocycles. The van der Waals surface area contributed by atoms with Crippen LogP contribution in [0.2, 0.25) is 0 Å². The van der Waals surface area contributed by atoms with Gasteiger partial charge >= 0.3 is 0 Å². The van der Waals surface area contributed by atoms with Crippen LogP contribution in [-0.2, 0) is 0 Å². The first kappa shape index (κ1) is 13.3. The normalized spacial score (nSPS) is 10.1. The minimum atomic E-state index is -0.0667. The van der Waals surface area contributed by atoms with Crippen molar-refractivity contribution >= 4 is 5.91 Å². The molecule has 0 spiro atoms. The van der Waals surface area contributed by atoms with Crippen LogP contribution >= 0.6 is 0 Å². The molecule has 1 N–H and O–H groups in total. The summed E-state index contributed by atoms with van der Waals surface area (Å²) >= 11 is 0. The van der Waals surface area contributed by atoms with E-state index in [1.807, 2.05) is 26.0 Å². The first-order chi connectivity index (χ1) is 8.13. The van der Waals surface area contributed by atoms with Crippen LogP contribution in [0, 0.1) is 0 Å². The maximum absolute atomic E-state index is 11.7. The fourth-order valence-corrected chi connectivity index (χ4v) is 1.35. The minimum absolute atomic E-state index is 0.0667. The number of nitrogens with one attached hydrogen (secondary N) is 1. The molecule has 0 aliphatic carbocycles. The Balaban J connectivity index is 2.54. The molecule has 0 unspecified atom stereocenters. The van der Waals surface area contributed by atoms with Crippen LogP contribution in [0.1, 0.15) is 30.6 Å². The first-order valence-corrected chi connectivity index (χ1v) is 5.79. The number of ether oxygens (including phenoxy) is 1. The molecule has 92 valence electrons. The van der Waals surface area contributed by atoms with Crippen molar-refractivity contribution in [1.29, 1.82) is 0 Å². The van der Waals surface area contributed by atoms with E-state index in [1.165, 1.54) is 0 Å². The summed E-state index contributed by atoms with van der Waals surface area (Å²) in [4.78, 5) is 11.7. The maximum Gasteiger partial charge on any atom is 0.251 e. The van der Waals surface area contributed by atoms with Crippen LogP contribution < -0.4 is 10.1 Å². The van der Waals surface area contributed by atoms with Gasteiger partial charge in [-0.2, -0.15) is 0 Å². The van der Waals surface area contributed by atoms with Gasteiger partial charge in [0.05, 0.1) is 6.10 Å². The van der Waals surface area contributed by atoms with E-state index in [0.717, 1.165) is 12.2 Å². The number of benzene rings is 1. The van der Waals surface area contributed by atoms with Gasteiger partial charge < -0.3 is 10.1 Å². The molecular weight excluding hydrogens is 214 g/mol. The van der Waals surface area contributed by atoms with Gasteiger partial charge in [0.1, 0.15) is 5.75 Å². The van der Waals surface area contributed by atoms with E-state index >= 15 is 0 Å². The van der Waals surface area contributed by atoms with Crippen molar-refractivity contribution < 1.29 is 9.53 Å². The minimum Gasteiger partial charge on any atom is -0.491 e. The zero-order valence-corrected chi connectivity index (χ0v) is 10.4. The van der Waals surface area contributed by atoms with Crippen molar-refractivity contribution in [1.82, 2.24) is 5.32 Å². The average Bonchev–Trinajstić information content (AvgIpc) is 2.29. The monoisotopic (exact) mass is 233 g/mol. The largest absolute Gasteiger partial charge is 0.491 e. The predicted molar refractivity (Wildman–Crippen MR) is 69.4 cm³/mol. The molecule has 0 fully saturated rings. The van der Waals surface area contributed by atoms with Crippen LogP contribution in [0.4, 0.5) is 0 Å². The molecule has 1 amide bonds. The van der Waals surface area contributed by atoms with Crippen LogP contribution in [0.5, 0.6) is 5.75 Å². The lowest BCUT2D eigenvalue weighted by molar-refractivity contribution is 0.0954. The van der Waals surface area contributed by atoms with Gasteiger partial charge in [-0.25, -0.2) is 0 Å². The zero-order chi connectivity index (χ0) is 12.7. The fraction of sp³-hybridized carbons (Fsp3) is 0.357. The number of amides is 1. The van der Waals surface area contributed by atoms with Crippen LogP contribution in [0.15, 0.2) is 36.9 Å². The lowest BCUT2D eigenvalue weighted by Crippen LogP contribution is -2.23. The van der Waals surface area contributed by atoms with Crippen molar-refractivity contribution in [2.24, 2.45) is 0 Å². The molecule has 1 rings (SSSR count). The van der Waals surface area contributed by atoms with Crippen molar-refractivity contribution in [3.63, 3.8) is 0 Å². The maximum atomic E-state index is 11.7. The smallest absolute Gasteiger partial charge is 0.251 e. The van der Waals surface area contributed by atoms with E-state index in [0.29, 0.717) is 12.1 Å². The lowest BCUT2D eigenvalue weighted by Gasteiger charge is -2.10. The second kappa shape index (κ2) is 6.74. The molecule has 3 nitrogen and oxygen atoms in total. The van der Waals surface area contributed by atoms with E-state index < -0.39 is 0 Å². The van der Waals surface area contributed by atoms with Crippen molar-refractivity contribution in [3.8, 4) is 5.75 Å². The summed E-state index contributed by atoms with van der Waals surface area (Å²) in [6.45, 7) is 8.16. The summed E-state index contributed by atoms with van der Waals surface area (Å²) < 4.78 is 5.50. The molecule has 0 saturated heterocycles. The molecule has 0 radical (unpaired) electrons. The van der Waals surface area contributed by atoms with E-state index in [-0.39, 0.29) is 12.0 Å². The third kappa shape index (κ3) is 4.72. The average molecular weight is 233 g/mol. The van der Waals surface area contributed by atoms with Gasteiger partial charge in [-0.05, 0) is 44.5 Å². The Morgan fingerprint density at radius 2 is 2.06 bits per heavy atom. The summed E-state index contributed by atoms with van der Waals surface area (Å²) in [5.41, 5.74) is 0.644. The molecule has 1 aromatic rings. The lowest BCUT2D eigenvalue weighted by atomic mass is 10.2. The number of carbonyl (C=O) groups is 1. The molecule has 0 saturated carbocycles. The number of hydrogen-bond acceptors (Lipinski definition) is 2. The van der Waals surface area contributed by atoms with Crippen molar-refractivity contribution in [2.75, 3.05) is 6.54 Å². The number of carbonyl (C=O) groups excluding carboxylic acids is 1. The molecular formula is C14H19NO2. The summed E-state index contributed by atoms with van der Waals surface area (Å²) in [6.07, 6.45) is 2.70. The van der Waals surface area contributed by atoms with Crippen molar-refractivity contribution in [3.05, 3.63) is 42.5 Å². The van der Waals surface area contributed by atoms with Gasteiger partial charge in [0.25, 0.3) is 5.91 Å². The summed E-state index contributed by atoms with van der Waals surface area (Å²) in [6, 6.07) is 7.15. The third-order valence-electron chi connectivity index (χ3n) is 2.12. The molecule has 0 bridgehead atoms. The van der Waals surface area contributed by atoms with Gasteiger partial charge in [-0.3, -0.25) is 4.79 Å². The SMILES string of the molecule is C=CCCNC(=O)c1ccc(OC(C)C)cc1. The van der Waals surface area contributed by atoms with Gasteiger partial charge in [0.2, 0.25) is 0 Å². The highest BCUT2D eigenvalue weighted by molar-refractivity contribution is 5.94. The fourth-order valence-electron chi connectivity index (χ4n) is 1.35. The molecule has 0 heterocycles. The molecule has 3 heteroatoms. The van der Waals surface area contributed by atoms with E-state index in [2.05, 4.69) is 11.9 Å². The van der Waals surface area contributed by atoms with E-state index in [4.69, 9.17) is 4.74 Å². The highest BCUT2D eigenvalue weighted by atomic mass is 16.5. The second-order valence-corrected chi connectivity index (χ2v) is 4.02. The Labute approximate surface area is 102 Å². The van der Waals surface area contributed by atoms with Crippen LogP contribution in [-0.4, -0.2) is 18.6 Å². The van der Waals surface area contributed by atoms with Crippen molar-refractivity contribution in [2.45, 2.75) is 26.4 Å². The Morgan fingerprint density at radius 1 is 1.41 bits per heavy atom. The van der Waals surface area contributed by atoms with Crippen LogP contribution in [0.3, 0.4) is 0 Å². The van der Waals surface area contributed by atoms with Gasteiger partial charge in [-0.15, -0.1) is 6.58 Å². The quantitative estimate of drug-likeness (QED) is 0.606. The Hall–Kier alpha value is -1.77. The summed E-state index contributed by atoms with van der Waals surface area (Å²) in [7, 11) is 0.